The quantitative estimate of drug-likeness (QED) is 0.768. The molecular weight excluding hydrogens is 184 g/mol. The maximum absolute atomic E-state index is 5.89. The highest BCUT2D eigenvalue weighted by atomic mass is 15.1. The van der Waals surface area contributed by atoms with E-state index < -0.39 is 0 Å². The number of nitrogens with zero attached hydrogens (tertiary/aromatic N) is 1. The van der Waals surface area contributed by atoms with Crippen molar-refractivity contribution in [2.45, 2.75) is 39.8 Å². The van der Waals surface area contributed by atoms with Gasteiger partial charge in [0.25, 0.3) is 0 Å². The number of benzene rings is 1. The van der Waals surface area contributed by atoms with Crippen LogP contribution in [0.25, 0.3) is 0 Å². The lowest BCUT2D eigenvalue weighted by Gasteiger charge is -2.24. The molecule has 0 aromatic heterocycles. The van der Waals surface area contributed by atoms with Gasteiger partial charge in [0.15, 0.2) is 0 Å². The lowest BCUT2D eigenvalue weighted by atomic mass is 10.1. The Morgan fingerprint density at radius 3 is 2.67 bits per heavy atom. The predicted octanol–water partition coefficient (Wildman–Crippen LogP) is 2.81. The third-order valence-corrected chi connectivity index (χ3v) is 3.25. The van der Waals surface area contributed by atoms with Gasteiger partial charge in [0.2, 0.25) is 0 Å². The molecule has 0 spiro atoms. The first-order valence-electron chi connectivity index (χ1n) is 5.60. The van der Waals surface area contributed by atoms with E-state index in [1.54, 1.807) is 0 Å². The Bertz CT molecular complexity index is 320. The molecule has 0 aliphatic carbocycles. The summed E-state index contributed by atoms with van der Waals surface area (Å²) in [5, 5.41) is 0. The third-order valence-electron chi connectivity index (χ3n) is 3.25. The maximum atomic E-state index is 5.89. The molecule has 1 rings (SSSR count). The van der Waals surface area contributed by atoms with Crippen LogP contribution in [-0.4, -0.2) is 18.0 Å². The van der Waals surface area contributed by atoms with E-state index in [0.29, 0.717) is 6.04 Å². The van der Waals surface area contributed by atoms with Gasteiger partial charge in [-0.1, -0.05) is 19.1 Å². The van der Waals surface area contributed by atoms with Crippen LogP contribution in [0.2, 0.25) is 0 Å². The standard InChI is InChI=1S/C13H22N2/c1-5-10(2)15(4)9-12-7-6-8-13(14)11(12)3/h6-8,10H,5,9,14H2,1-4H3. The number of nitrogen functional groups attached to an aromatic ring is 1. The zero-order valence-electron chi connectivity index (χ0n) is 10.2. The number of rotatable bonds is 4. The fourth-order valence-electron chi connectivity index (χ4n) is 1.61. The first kappa shape index (κ1) is 12.1. The number of hydrogen-bond acceptors (Lipinski definition) is 2. The van der Waals surface area contributed by atoms with E-state index in [9.17, 15) is 0 Å². The van der Waals surface area contributed by atoms with Crippen LogP contribution in [0.1, 0.15) is 31.4 Å². The lowest BCUT2D eigenvalue weighted by molar-refractivity contribution is 0.243. The lowest BCUT2D eigenvalue weighted by Crippen LogP contribution is -2.28. The first-order chi connectivity index (χ1) is 7.06. The maximum Gasteiger partial charge on any atom is 0.0346 e. The minimum Gasteiger partial charge on any atom is -0.399 e. The van der Waals surface area contributed by atoms with E-state index in [-0.39, 0.29) is 0 Å². The van der Waals surface area contributed by atoms with Gasteiger partial charge in [-0.15, -0.1) is 0 Å². The van der Waals surface area contributed by atoms with Gasteiger partial charge in [-0.05, 0) is 44.5 Å². The van der Waals surface area contributed by atoms with Crippen molar-refractivity contribution in [2.24, 2.45) is 0 Å². The van der Waals surface area contributed by atoms with Crippen LogP contribution in [0.3, 0.4) is 0 Å². The summed E-state index contributed by atoms with van der Waals surface area (Å²) in [6.45, 7) is 7.54. The van der Waals surface area contributed by atoms with Crippen molar-refractivity contribution >= 4 is 5.69 Å². The smallest absolute Gasteiger partial charge is 0.0346 e. The Morgan fingerprint density at radius 1 is 1.40 bits per heavy atom. The number of nitrogens with two attached hydrogens (primary N) is 1. The molecule has 1 atom stereocenters. The monoisotopic (exact) mass is 206 g/mol. The van der Waals surface area contributed by atoms with E-state index in [2.05, 4.69) is 38.8 Å². The molecule has 0 aliphatic heterocycles. The van der Waals surface area contributed by atoms with Gasteiger partial charge in [-0.3, -0.25) is 4.90 Å². The molecule has 2 N–H and O–H groups in total. The van der Waals surface area contributed by atoms with Crippen molar-refractivity contribution in [3.63, 3.8) is 0 Å². The van der Waals surface area contributed by atoms with Crippen molar-refractivity contribution in [3.05, 3.63) is 29.3 Å². The van der Waals surface area contributed by atoms with E-state index in [4.69, 9.17) is 5.73 Å². The minimum absolute atomic E-state index is 0.617. The molecule has 15 heavy (non-hydrogen) atoms. The van der Waals surface area contributed by atoms with Crippen LogP contribution in [0.4, 0.5) is 5.69 Å². The summed E-state index contributed by atoms with van der Waals surface area (Å²) < 4.78 is 0. The average Bonchev–Trinajstić information content (AvgIpc) is 2.23. The summed E-state index contributed by atoms with van der Waals surface area (Å²) >= 11 is 0. The van der Waals surface area contributed by atoms with Crippen molar-refractivity contribution < 1.29 is 0 Å². The van der Waals surface area contributed by atoms with Gasteiger partial charge in [-0.25, -0.2) is 0 Å². The zero-order chi connectivity index (χ0) is 11.4. The number of hydrogen-bond donors (Lipinski definition) is 1. The summed E-state index contributed by atoms with van der Waals surface area (Å²) in [5.41, 5.74) is 9.33. The fraction of sp³-hybridized carbons (Fsp3) is 0.538. The molecule has 2 heteroatoms. The van der Waals surface area contributed by atoms with Crippen LogP contribution in [0.5, 0.6) is 0 Å². The third kappa shape index (κ3) is 2.96. The average molecular weight is 206 g/mol. The SMILES string of the molecule is CCC(C)N(C)Cc1cccc(N)c1C. The van der Waals surface area contributed by atoms with Crippen LogP contribution in [0, 0.1) is 6.92 Å². The Balaban J connectivity index is 2.76. The molecule has 0 amide bonds. The number of anilines is 1. The van der Waals surface area contributed by atoms with E-state index >= 15 is 0 Å². The minimum atomic E-state index is 0.617. The molecule has 1 aromatic carbocycles. The Labute approximate surface area is 93.1 Å². The van der Waals surface area contributed by atoms with Gasteiger partial charge in [0, 0.05) is 18.3 Å². The molecule has 0 saturated heterocycles. The van der Waals surface area contributed by atoms with Crippen molar-refractivity contribution in [2.75, 3.05) is 12.8 Å². The van der Waals surface area contributed by atoms with Gasteiger partial charge in [-0.2, -0.15) is 0 Å². The molecule has 2 nitrogen and oxygen atoms in total. The second kappa shape index (κ2) is 5.17. The molecule has 1 aromatic rings. The molecule has 84 valence electrons. The largest absolute Gasteiger partial charge is 0.399 e. The second-order valence-electron chi connectivity index (χ2n) is 4.30. The van der Waals surface area contributed by atoms with Gasteiger partial charge < -0.3 is 5.73 Å². The molecule has 1 unspecified atom stereocenters. The zero-order valence-corrected chi connectivity index (χ0v) is 10.2. The highest BCUT2D eigenvalue weighted by molar-refractivity contribution is 5.49. The highest BCUT2D eigenvalue weighted by Crippen LogP contribution is 2.18. The van der Waals surface area contributed by atoms with Crippen molar-refractivity contribution in [1.82, 2.24) is 4.90 Å². The Morgan fingerprint density at radius 2 is 2.07 bits per heavy atom. The normalized spacial score (nSPS) is 13.1. The molecular formula is C13H22N2. The topological polar surface area (TPSA) is 29.3 Å². The van der Waals surface area contributed by atoms with Crippen molar-refractivity contribution in [3.8, 4) is 0 Å². The summed E-state index contributed by atoms with van der Waals surface area (Å²) in [5.74, 6) is 0. The fourth-order valence-corrected chi connectivity index (χ4v) is 1.61. The van der Waals surface area contributed by atoms with Crippen molar-refractivity contribution in [1.29, 1.82) is 0 Å². The summed E-state index contributed by atoms with van der Waals surface area (Å²) in [4.78, 5) is 2.36. The molecule has 0 fully saturated rings. The van der Waals surface area contributed by atoms with Crippen LogP contribution in [-0.2, 0) is 6.54 Å². The summed E-state index contributed by atoms with van der Waals surface area (Å²) in [7, 11) is 2.16. The molecule has 0 bridgehead atoms. The molecule has 0 saturated carbocycles. The molecule has 0 radical (unpaired) electrons. The van der Waals surface area contributed by atoms with Crippen LogP contribution < -0.4 is 5.73 Å². The van der Waals surface area contributed by atoms with Gasteiger partial charge in [0.05, 0.1) is 0 Å². The van der Waals surface area contributed by atoms with E-state index in [1.807, 2.05) is 12.1 Å². The van der Waals surface area contributed by atoms with Gasteiger partial charge >= 0.3 is 0 Å². The first-order valence-corrected chi connectivity index (χ1v) is 5.60. The predicted molar refractivity (Wildman–Crippen MR) is 66.8 cm³/mol. The Kier molecular flexibility index (Phi) is 4.15. The van der Waals surface area contributed by atoms with E-state index in [1.165, 1.54) is 17.5 Å². The summed E-state index contributed by atoms with van der Waals surface area (Å²) in [6.07, 6.45) is 1.18. The second-order valence-corrected chi connectivity index (χ2v) is 4.30. The molecule has 0 aliphatic rings. The van der Waals surface area contributed by atoms with E-state index in [0.717, 1.165) is 12.2 Å². The Hall–Kier alpha value is -1.02. The highest BCUT2D eigenvalue weighted by Gasteiger charge is 2.09. The van der Waals surface area contributed by atoms with Crippen LogP contribution in [0.15, 0.2) is 18.2 Å². The summed E-state index contributed by atoms with van der Waals surface area (Å²) in [6, 6.07) is 6.76. The van der Waals surface area contributed by atoms with Gasteiger partial charge in [0.1, 0.15) is 0 Å². The molecule has 0 heterocycles. The van der Waals surface area contributed by atoms with Crippen LogP contribution >= 0.6 is 0 Å².